The van der Waals surface area contributed by atoms with Crippen molar-refractivity contribution < 1.29 is 14.7 Å². The van der Waals surface area contributed by atoms with E-state index in [0.717, 1.165) is 0 Å². The highest BCUT2D eigenvalue weighted by Crippen LogP contribution is 2.17. The van der Waals surface area contributed by atoms with Crippen LogP contribution in [0.1, 0.15) is 20.0 Å². The van der Waals surface area contributed by atoms with Gasteiger partial charge in [-0.15, -0.1) is 11.3 Å². The molecule has 0 radical (unpaired) electrons. The van der Waals surface area contributed by atoms with Gasteiger partial charge in [0.05, 0.1) is 16.5 Å². The molecule has 3 rings (SSSR count). The summed E-state index contributed by atoms with van der Waals surface area (Å²) in [4.78, 5) is 32.0. The second kappa shape index (κ2) is 6.98. The van der Waals surface area contributed by atoms with Crippen LogP contribution in [0.2, 0.25) is 0 Å². The van der Waals surface area contributed by atoms with Crippen LogP contribution in [0, 0.1) is 0 Å². The van der Waals surface area contributed by atoms with Gasteiger partial charge in [-0.25, -0.2) is 4.98 Å². The van der Waals surface area contributed by atoms with E-state index >= 15 is 0 Å². The summed E-state index contributed by atoms with van der Waals surface area (Å²) in [6.07, 6.45) is 0.748. The molecule has 1 aliphatic rings. The minimum absolute atomic E-state index is 0.0667. The SMILES string of the molecule is NC(=O)c1ccc(N2CCN(C(=O)c3cccs3)CC(O)C2)nc1. The van der Waals surface area contributed by atoms with E-state index in [0.29, 0.717) is 35.9 Å². The lowest BCUT2D eigenvalue weighted by Crippen LogP contribution is -2.37. The summed E-state index contributed by atoms with van der Waals surface area (Å²) in [7, 11) is 0. The molecule has 0 aromatic carbocycles. The quantitative estimate of drug-likeness (QED) is 0.846. The molecule has 0 bridgehead atoms. The second-order valence-corrected chi connectivity index (χ2v) is 6.55. The lowest BCUT2D eigenvalue weighted by Gasteiger charge is -2.22. The molecule has 1 fully saturated rings. The Hall–Kier alpha value is -2.45. The summed E-state index contributed by atoms with van der Waals surface area (Å²) in [5.74, 6) is 0.0464. The first kappa shape index (κ1) is 16.4. The van der Waals surface area contributed by atoms with Gasteiger partial charge in [-0.1, -0.05) is 6.07 Å². The van der Waals surface area contributed by atoms with Gasteiger partial charge in [-0.05, 0) is 23.6 Å². The third kappa shape index (κ3) is 3.55. The monoisotopic (exact) mass is 346 g/mol. The van der Waals surface area contributed by atoms with Gasteiger partial charge in [0.25, 0.3) is 5.91 Å². The molecule has 2 amide bonds. The fourth-order valence-corrected chi connectivity index (χ4v) is 3.35. The Morgan fingerprint density at radius 3 is 2.71 bits per heavy atom. The average Bonchev–Trinajstić information content (AvgIpc) is 3.04. The zero-order valence-corrected chi connectivity index (χ0v) is 13.8. The highest BCUT2D eigenvalue weighted by Gasteiger charge is 2.26. The standard InChI is InChI=1S/C16H18N4O3S/c17-15(22)11-3-4-14(18-8-11)19-5-6-20(10-12(21)9-19)16(23)13-2-1-7-24-13/h1-4,7-8,12,21H,5-6,9-10H2,(H2,17,22). The Morgan fingerprint density at radius 1 is 1.25 bits per heavy atom. The maximum atomic E-state index is 12.5. The van der Waals surface area contributed by atoms with E-state index in [1.54, 1.807) is 23.1 Å². The van der Waals surface area contributed by atoms with Gasteiger partial charge >= 0.3 is 0 Å². The van der Waals surface area contributed by atoms with Crippen LogP contribution in [0.15, 0.2) is 35.8 Å². The molecule has 1 unspecified atom stereocenters. The Balaban J connectivity index is 1.72. The molecule has 1 aliphatic heterocycles. The number of β-amino-alcohol motifs (C(OH)–C–C–N with tert-alkyl or cyclic N) is 1. The van der Waals surface area contributed by atoms with Crippen molar-refractivity contribution in [3.05, 3.63) is 46.3 Å². The largest absolute Gasteiger partial charge is 0.389 e. The lowest BCUT2D eigenvalue weighted by atomic mass is 10.2. The van der Waals surface area contributed by atoms with Crippen LogP contribution in [-0.2, 0) is 0 Å². The molecule has 8 heteroatoms. The van der Waals surface area contributed by atoms with Crippen molar-refractivity contribution in [1.29, 1.82) is 0 Å². The summed E-state index contributed by atoms with van der Waals surface area (Å²) < 4.78 is 0. The van der Waals surface area contributed by atoms with Crippen LogP contribution in [0.3, 0.4) is 0 Å². The number of aliphatic hydroxyl groups excluding tert-OH is 1. The van der Waals surface area contributed by atoms with E-state index in [1.807, 2.05) is 16.3 Å². The summed E-state index contributed by atoms with van der Waals surface area (Å²) in [6.45, 7) is 1.70. The van der Waals surface area contributed by atoms with E-state index in [9.17, 15) is 14.7 Å². The zero-order valence-electron chi connectivity index (χ0n) is 13.0. The molecule has 126 valence electrons. The van der Waals surface area contributed by atoms with Gasteiger partial charge in [0.1, 0.15) is 5.82 Å². The number of pyridine rings is 1. The first-order valence-electron chi connectivity index (χ1n) is 7.56. The number of hydrogen-bond acceptors (Lipinski definition) is 6. The van der Waals surface area contributed by atoms with Crippen LogP contribution in [-0.4, -0.2) is 59.1 Å². The van der Waals surface area contributed by atoms with Gasteiger partial charge in [-0.3, -0.25) is 9.59 Å². The number of nitrogens with two attached hydrogens (primary N) is 1. The Morgan fingerprint density at radius 2 is 2.08 bits per heavy atom. The van der Waals surface area contributed by atoms with Crippen LogP contribution >= 0.6 is 11.3 Å². The molecule has 0 aliphatic carbocycles. The van der Waals surface area contributed by atoms with Gasteiger partial charge in [0.15, 0.2) is 0 Å². The molecule has 2 aromatic rings. The van der Waals surface area contributed by atoms with Crippen molar-refractivity contribution >= 4 is 29.0 Å². The fraction of sp³-hybridized carbons (Fsp3) is 0.312. The summed E-state index contributed by atoms with van der Waals surface area (Å²) in [5, 5.41) is 12.1. The molecule has 0 saturated carbocycles. The Bertz CT molecular complexity index is 717. The number of anilines is 1. The second-order valence-electron chi connectivity index (χ2n) is 5.60. The third-order valence-electron chi connectivity index (χ3n) is 3.88. The van der Waals surface area contributed by atoms with Crippen LogP contribution in [0.5, 0.6) is 0 Å². The number of carbonyl (C=O) groups is 2. The lowest BCUT2D eigenvalue weighted by molar-refractivity contribution is 0.0678. The predicted octanol–water partition coefficient (Wildman–Crippen LogP) is 0.565. The van der Waals surface area contributed by atoms with Crippen molar-refractivity contribution in [2.75, 3.05) is 31.1 Å². The number of amides is 2. The zero-order chi connectivity index (χ0) is 17.1. The number of aromatic nitrogens is 1. The molecular weight excluding hydrogens is 328 g/mol. The first-order valence-corrected chi connectivity index (χ1v) is 8.44. The van der Waals surface area contributed by atoms with E-state index < -0.39 is 12.0 Å². The number of hydrogen-bond donors (Lipinski definition) is 2. The number of rotatable bonds is 3. The summed E-state index contributed by atoms with van der Waals surface area (Å²) >= 11 is 1.39. The fourth-order valence-electron chi connectivity index (χ4n) is 2.66. The van der Waals surface area contributed by atoms with Crippen molar-refractivity contribution in [2.24, 2.45) is 5.73 Å². The molecule has 7 nitrogen and oxygen atoms in total. The van der Waals surface area contributed by atoms with Gasteiger partial charge < -0.3 is 20.6 Å². The number of carbonyl (C=O) groups excluding carboxylic acids is 2. The predicted molar refractivity (Wildman–Crippen MR) is 91.2 cm³/mol. The highest BCUT2D eigenvalue weighted by molar-refractivity contribution is 7.12. The van der Waals surface area contributed by atoms with Crippen LogP contribution in [0.25, 0.3) is 0 Å². The minimum atomic E-state index is -0.672. The molecule has 3 heterocycles. The maximum Gasteiger partial charge on any atom is 0.264 e. The molecule has 2 aromatic heterocycles. The Kier molecular flexibility index (Phi) is 4.77. The third-order valence-corrected chi connectivity index (χ3v) is 4.74. The van der Waals surface area contributed by atoms with Crippen molar-refractivity contribution in [2.45, 2.75) is 6.10 Å². The minimum Gasteiger partial charge on any atom is -0.389 e. The van der Waals surface area contributed by atoms with E-state index in [-0.39, 0.29) is 12.5 Å². The number of nitrogens with zero attached hydrogens (tertiary/aromatic N) is 3. The number of primary amides is 1. The molecule has 3 N–H and O–H groups in total. The summed E-state index contributed by atoms with van der Waals surface area (Å²) in [6, 6.07) is 6.93. The highest BCUT2D eigenvalue weighted by atomic mass is 32.1. The van der Waals surface area contributed by atoms with Crippen molar-refractivity contribution in [1.82, 2.24) is 9.88 Å². The molecule has 0 spiro atoms. The van der Waals surface area contributed by atoms with Gasteiger partial charge in [0, 0.05) is 32.4 Å². The molecular formula is C16H18N4O3S. The van der Waals surface area contributed by atoms with E-state index in [4.69, 9.17) is 5.73 Å². The molecule has 1 atom stereocenters. The normalized spacial score (nSPS) is 18.3. The van der Waals surface area contributed by atoms with Crippen LogP contribution < -0.4 is 10.6 Å². The Labute approximate surface area is 143 Å². The van der Waals surface area contributed by atoms with Crippen molar-refractivity contribution in [3.8, 4) is 0 Å². The van der Waals surface area contributed by atoms with E-state index in [1.165, 1.54) is 17.5 Å². The van der Waals surface area contributed by atoms with E-state index in [2.05, 4.69) is 4.98 Å². The van der Waals surface area contributed by atoms with Gasteiger partial charge in [-0.2, -0.15) is 0 Å². The number of thiophene rings is 1. The first-order chi connectivity index (χ1) is 11.5. The number of aliphatic hydroxyl groups is 1. The van der Waals surface area contributed by atoms with Crippen LogP contribution in [0.4, 0.5) is 5.82 Å². The average molecular weight is 346 g/mol. The van der Waals surface area contributed by atoms with Gasteiger partial charge in [0.2, 0.25) is 5.91 Å². The molecule has 24 heavy (non-hydrogen) atoms. The summed E-state index contributed by atoms with van der Waals surface area (Å²) in [5.41, 5.74) is 5.55. The smallest absolute Gasteiger partial charge is 0.264 e. The topological polar surface area (TPSA) is 99.8 Å². The maximum absolute atomic E-state index is 12.5. The van der Waals surface area contributed by atoms with Crippen molar-refractivity contribution in [3.63, 3.8) is 0 Å². The molecule has 1 saturated heterocycles.